The van der Waals surface area contributed by atoms with E-state index in [0.29, 0.717) is 18.3 Å². The SMILES string of the molecule is CC/C=C\C[C@@H](O)/C=C/C=C\C/C=C\C=C\[C@@H](O)/C=C\CCCC(=O)O[C@H]1CC[C@@]2(C)C(=CC[C@H]3[C@@H]4CC[C@H]([C@H](C)CCCC(C)C)[C@@]4(C)CC[C@@H]32)C1. The van der Waals surface area contributed by atoms with Crippen LogP contribution in [-0.2, 0) is 9.53 Å². The maximum atomic E-state index is 12.8. The summed E-state index contributed by atoms with van der Waals surface area (Å²) in [7, 11) is 0. The maximum absolute atomic E-state index is 12.8. The van der Waals surface area contributed by atoms with Gasteiger partial charge in [-0.15, -0.1) is 0 Å². The number of rotatable bonds is 20. The molecule has 3 fully saturated rings. The fourth-order valence-corrected chi connectivity index (χ4v) is 10.9. The van der Waals surface area contributed by atoms with Crippen LogP contribution in [0.25, 0.3) is 0 Å². The minimum Gasteiger partial charge on any atom is -0.462 e. The molecule has 0 aromatic rings. The van der Waals surface area contributed by atoms with E-state index >= 15 is 0 Å². The molecule has 4 rings (SSSR count). The van der Waals surface area contributed by atoms with E-state index < -0.39 is 12.2 Å². The number of carbonyl (C=O) groups excluding carboxylic acids is 1. The van der Waals surface area contributed by atoms with Crippen molar-refractivity contribution in [1.29, 1.82) is 0 Å². The maximum Gasteiger partial charge on any atom is 0.306 e. The molecule has 0 unspecified atom stereocenters. The summed E-state index contributed by atoms with van der Waals surface area (Å²) in [6.45, 7) is 14.6. The number of hydrogen-bond donors (Lipinski definition) is 2. The first-order valence-corrected chi connectivity index (χ1v) is 21.7. The van der Waals surface area contributed by atoms with Crippen LogP contribution in [0.5, 0.6) is 0 Å². The van der Waals surface area contributed by atoms with Crippen LogP contribution < -0.4 is 0 Å². The number of aliphatic hydroxyl groups excluding tert-OH is 2. The first-order chi connectivity index (χ1) is 25.5. The summed E-state index contributed by atoms with van der Waals surface area (Å²) in [6.07, 6.45) is 42.9. The molecule has 53 heavy (non-hydrogen) atoms. The molecule has 0 saturated heterocycles. The van der Waals surface area contributed by atoms with Gasteiger partial charge in [0.15, 0.2) is 0 Å². The second-order valence-electron chi connectivity index (χ2n) is 18.0. The van der Waals surface area contributed by atoms with E-state index in [4.69, 9.17) is 4.74 Å². The average Bonchev–Trinajstić information content (AvgIpc) is 3.48. The van der Waals surface area contributed by atoms with Crippen LogP contribution >= 0.6 is 0 Å². The molecule has 0 aromatic carbocycles. The summed E-state index contributed by atoms with van der Waals surface area (Å²) >= 11 is 0. The van der Waals surface area contributed by atoms with Gasteiger partial charge in [-0.1, -0.05) is 145 Å². The lowest BCUT2D eigenvalue weighted by molar-refractivity contribution is -0.151. The third-order valence-corrected chi connectivity index (χ3v) is 13.8. The summed E-state index contributed by atoms with van der Waals surface area (Å²) in [5.41, 5.74) is 2.37. The molecule has 4 nitrogen and oxygen atoms in total. The fourth-order valence-electron chi connectivity index (χ4n) is 10.9. The Hall–Kier alpha value is -2.43. The highest BCUT2D eigenvalue weighted by atomic mass is 16.5. The summed E-state index contributed by atoms with van der Waals surface area (Å²) in [6, 6.07) is 0. The van der Waals surface area contributed by atoms with Gasteiger partial charge in [-0.25, -0.2) is 0 Å². The third-order valence-electron chi connectivity index (χ3n) is 13.8. The van der Waals surface area contributed by atoms with E-state index in [2.05, 4.69) is 53.7 Å². The minimum atomic E-state index is -0.649. The number of aliphatic hydroxyl groups is 2. The normalized spacial score (nSPS) is 32.2. The van der Waals surface area contributed by atoms with E-state index in [1.807, 2.05) is 48.6 Å². The molecule has 0 radical (unpaired) electrons. The zero-order valence-electron chi connectivity index (χ0n) is 34.4. The van der Waals surface area contributed by atoms with Gasteiger partial charge in [0.25, 0.3) is 0 Å². The van der Waals surface area contributed by atoms with Gasteiger partial charge in [0, 0.05) is 12.8 Å². The quantitative estimate of drug-likeness (QED) is 0.0567. The lowest BCUT2D eigenvalue weighted by atomic mass is 9.47. The van der Waals surface area contributed by atoms with Crippen LogP contribution in [-0.4, -0.2) is 34.5 Å². The molecule has 4 aliphatic rings. The van der Waals surface area contributed by atoms with Gasteiger partial charge in [-0.2, -0.15) is 0 Å². The van der Waals surface area contributed by atoms with Crippen LogP contribution in [0.15, 0.2) is 84.6 Å². The van der Waals surface area contributed by atoms with Gasteiger partial charge in [-0.3, -0.25) is 4.79 Å². The van der Waals surface area contributed by atoms with Crippen molar-refractivity contribution in [3.8, 4) is 0 Å². The molecule has 0 bridgehead atoms. The largest absolute Gasteiger partial charge is 0.462 e. The van der Waals surface area contributed by atoms with Crippen LogP contribution in [0.2, 0.25) is 0 Å². The Morgan fingerprint density at radius 1 is 0.868 bits per heavy atom. The molecular formula is C49H76O4. The third kappa shape index (κ3) is 12.5. The average molecular weight is 729 g/mol. The summed E-state index contributed by atoms with van der Waals surface area (Å²) in [5, 5.41) is 20.1. The Morgan fingerprint density at radius 3 is 2.40 bits per heavy atom. The van der Waals surface area contributed by atoms with Crippen molar-refractivity contribution in [3.05, 3.63) is 84.6 Å². The number of allylic oxidation sites excluding steroid dienone is 9. The van der Waals surface area contributed by atoms with Crippen molar-refractivity contribution < 1.29 is 19.7 Å². The number of ether oxygens (including phenoxy) is 1. The smallest absolute Gasteiger partial charge is 0.306 e. The number of unbranched alkanes of at least 4 members (excludes halogenated alkanes) is 1. The molecule has 4 aliphatic carbocycles. The number of fused-ring (bicyclic) bond motifs is 5. The summed E-state index contributed by atoms with van der Waals surface area (Å²) in [4.78, 5) is 12.8. The predicted octanol–water partition coefficient (Wildman–Crippen LogP) is 12.4. The van der Waals surface area contributed by atoms with E-state index in [9.17, 15) is 15.0 Å². The van der Waals surface area contributed by atoms with E-state index in [0.717, 1.165) is 80.5 Å². The van der Waals surface area contributed by atoms with Crippen molar-refractivity contribution in [3.63, 3.8) is 0 Å². The van der Waals surface area contributed by atoms with Gasteiger partial charge in [0.1, 0.15) is 6.10 Å². The van der Waals surface area contributed by atoms with E-state index in [1.54, 1.807) is 23.8 Å². The Bertz CT molecular complexity index is 1330. The fraction of sp³-hybridized carbons (Fsp3) is 0.694. The molecule has 0 aliphatic heterocycles. The Kier molecular flexibility index (Phi) is 17.7. The van der Waals surface area contributed by atoms with Crippen LogP contribution in [0.3, 0.4) is 0 Å². The molecule has 2 N–H and O–H groups in total. The molecule has 3 saturated carbocycles. The molecule has 0 heterocycles. The van der Waals surface area contributed by atoms with Gasteiger partial charge < -0.3 is 14.9 Å². The zero-order valence-corrected chi connectivity index (χ0v) is 34.4. The monoisotopic (exact) mass is 729 g/mol. The first-order valence-electron chi connectivity index (χ1n) is 21.7. The van der Waals surface area contributed by atoms with Crippen LogP contribution in [0.4, 0.5) is 0 Å². The van der Waals surface area contributed by atoms with Crippen LogP contribution in [0.1, 0.15) is 151 Å². The summed E-state index contributed by atoms with van der Waals surface area (Å²) in [5.74, 6) is 4.97. The van der Waals surface area contributed by atoms with Gasteiger partial charge >= 0.3 is 5.97 Å². The standard InChI is InChI=1S/C49H76O4/c1-7-8-15-23-40(50)24-16-12-10-9-11-13-17-25-41(51)26-18-14-19-27-47(52)53-42-32-34-48(5)39(36-42)28-29-43-45-31-30-44(38(4)22-20-21-37(2)3)49(45,6)35-33-46(43)48/h8,10-13,15-18,24-26,28,37-38,40-46,50-51H,7,9,14,19-23,27,29-36H2,1-6H3/b12-10-,13-11-,15-8-,24-16+,25-17+,26-18-/t38-,40-,41-,42+,43+,44-,45+,46+,48+,49-/m1/s1. The summed E-state index contributed by atoms with van der Waals surface area (Å²) < 4.78 is 6.06. The Labute approximate surface area is 324 Å². The Morgan fingerprint density at radius 2 is 1.64 bits per heavy atom. The zero-order chi connectivity index (χ0) is 38.3. The molecular weight excluding hydrogens is 653 g/mol. The lowest BCUT2D eigenvalue weighted by Gasteiger charge is -2.58. The van der Waals surface area contributed by atoms with Gasteiger partial charge in [-0.05, 0) is 123 Å². The molecule has 4 heteroatoms. The van der Waals surface area contributed by atoms with Crippen LogP contribution in [0, 0.1) is 46.3 Å². The van der Waals surface area contributed by atoms with Gasteiger partial charge in [0.2, 0.25) is 0 Å². The molecule has 0 amide bonds. The lowest BCUT2D eigenvalue weighted by Crippen LogP contribution is -2.51. The highest BCUT2D eigenvalue weighted by Gasteiger charge is 2.59. The minimum absolute atomic E-state index is 0.0168. The number of carbonyl (C=O) groups is 1. The van der Waals surface area contributed by atoms with Gasteiger partial charge in [0.05, 0.1) is 12.2 Å². The highest BCUT2D eigenvalue weighted by molar-refractivity contribution is 5.69. The number of esters is 1. The van der Waals surface area contributed by atoms with E-state index in [1.165, 1.54) is 51.4 Å². The van der Waals surface area contributed by atoms with Crippen molar-refractivity contribution in [2.24, 2.45) is 46.3 Å². The topological polar surface area (TPSA) is 66.8 Å². The molecule has 0 aromatic heterocycles. The second-order valence-corrected chi connectivity index (χ2v) is 18.0. The van der Waals surface area contributed by atoms with Crippen molar-refractivity contribution in [1.82, 2.24) is 0 Å². The van der Waals surface area contributed by atoms with Crippen molar-refractivity contribution in [2.75, 3.05) is 0 Å². The number of hydrogen-bond acceptors (Lipinski definition) is 4. The first kappa shape index (κ1) is 43.3. The van der Waals surface area contributed by atoms with Crippen molar-refractivity contribution >= 4 is 5.97 Å². The second kappa shape index (κ2) is 21.6. The molecule has 0 spiro atoms. The Balaban J connectivity index is 1.13. The van der Waals surface area contributed by atoms with E-state index in [-0.39, 0.29) is 17.5 Å². The molecule has 296 valence electrons. The highest BCUT2D eigenvalue weighted by Crippen LogP contribution is 2.67. The van der Waals surface area contributed by atoms with Crippen molar-refractivity contribution in [2.45, 2.75) is 169 Å². The predicted molar refractivity (Wildman–Crippen MR) is 223 cm³/mol. The molecule has 10 atom stereocenters.